The lowest BCUT2D eigenvalue weighted by Crippen LogP contribution is -2.37. The van der Waals surface area contributed by atoms with Crippen molar-refractivity contribution in [2.75, 3.05) is 34.3 Å². The van der Waals surface area contributed by atoms with Crippen LogP contribution >= 0.6 is 7.58 Å². The van der Waals surface area contributed by atoms with Crippen LogP contribution in [0.4, 0.5) is 0 Å². The van der Waals surface area contributed by atoms with Crippen molar-refractivity contribution < 1.29 is 9.01 Å². The first-order valence-electron chi connectivity index (χ1n) is 2.81. The fraction of sp³-hybridized carbons (Fsp3) is 1.00. The van der Waals surface area contributed by atoms with Gasteiger partial charge in [0.15, 0.2) is 0 Å². The van der Waals surface area contributed by atoms with Crippen LogP contribution in [0.1, 0.15) is 0 Å². The molecule has 4 heteroatoms. The van der Waals surface area contributed by atoms with Gasteiger partial charge in [-0.2, -0.15) is 0 Å². The zero-order chi connectivity index (χ0) is 7.33. The van der Waals surface area contributed by atoms with Crippen LogP contribution in [-0.2, 0) is 16.3 Å². The third kappa shape index (κ3) is 8.44. The summed E-state index contributed by atoms with van der Waals surface area (Å²) in [4.78, 5) is 0. The van der Waals surface area contributed by atoms with Crippen molar-refractivity contribution in [3.8, 4) is 0 Å². The van der Waals surface area contributed by atoms with Crippen molar-refractivity contribution >= 4 is 19.4 Å². The summed E-state index contributed by atoms with van der Waals surface area (Å²) in [6.45, 7) is 1.78. The third-order valence-electron chi connectivity index (χ3n) is 0.906. The molecule has 0 rings (SSSR count). The Labute approximate surface area is 63.3 Å². The van der Waals surface area contributed by atoms with Crippen LogP contribution in [0.2, 0.25) is 0 Å². The molecule has 0 radical (unpaired) electrons. The first-order chi connectivity index (χ1) is 4.06. The summed E-state index contributed by atoms with van der Waals surface area (Å²) < 4.78 is 5.92. The second kappa shape index (κ2) is 4.29. The Morgan fingerprint density at radius 2 is 2.00 bits per heavy atom. The van der Waals surface area contributed by atoms with E-state index in [-0.39, 0.29) is 0 Å². The van der Waals surface area contributed by atoms with Crippen LogP contribution in [0.25, 0.3) is 0 Å². The molecule has 54 valence electrons. The zero-order valence-electron chi connectivity index (χ0n) is 6.13. The predicted octanol–water partition coefficient (Wildman–Crippen LogP) is 1.03. The van der Waals surface area contributed by atoms with Crippen LogP contribution in [0.3, 0.4) is 0 Å². The zero-order valence-corrected chi connectivity index (χ0v) is 7.84. The highest BCUT2D eigenvalue weighted by Gasteiger charge is 2.04. The number of rotatable bonds is 4. The molecule has 0 unspecified atom stereocenters. The van der Waals surface area contributed by atoms with Gasteiger partial charge in [0.05, 0.1) is 21.1 Å². The highest BCUT2D eigenvalue weighted by Crippen LogP contribution is 1.96. The summed E-state index contributed by atoms with van der Waals surface area (Å²) in [5, 5.41) is 0. The lowest BCUT2D eigenvalue weighted by atomic mass is 10.5. The van der Waals surface area contributed by atoms with Gasteiger partial charge in [0, 0.05) is 0 Å². The topological polar surface area (TPSA) is 9.23 Å². The summed E-state index contributed by atoms with van der Waals surface area (Å²) in [5.74, 6) is 0. The Hall–Kier alpha value is 0.440. The van der Waals surface area contributed by atoms with E-state index in [1.807, 2.05) is 0 Å². The van der Waals surface area contributed by atoms with Crippen molar-refractivity contribution in [1.29, 1.82) is 0 Å². The van der Waals surface area contributed by atoms with Gasteiger partial charge in [-0.25, -0.2) is 0 Å². The minimum atomic E-state index is 0.616. The standard InChI is InChI=1S/C5H13NOPS/c1-6(2,3)4-5-7-8-9/h4-5H2,1-3H3/q+1. The molecule has 0 aromatic carbocycles. The molecular formula is C5H13NOPS+. The van der Waals surface area contributed by atoms with Crippen molar-refractivity contribution in [2.45, 2.75) is 0 Å². The molecule has 0 fully saturated rings. The molecule has 0 spiro atoms. The Kier molecular flexibility index (Phi) is 4.50. The van der Waals surface area contributed by atoms with Gasteiger partial charge >= 0.3 is 0 Å². The molecule has 0 saturated carbocycles. The van der Waals surface area contributed by atoms with E-state index in [9.17, 15) is 0 Å². The van der Waals surface area contributed by atoms with E-state index in [4.69, 9.17) is 4.52 Å². The van der Waals surface area contributed by atoms with Gasteiger partial charge in [0.2, 0.25) is 0 Å². The molecule has 0 aromatic rings. The normalized spacial score (nSPS) is 12.3. The lowest BCUT2D eigenvalue weighted by molar-refractivity contribution is -0.870. The largest absolute Gasteiger partial charge is 0.329 e. The fourth-order valence-electron chi connectivity index (χ4n) is 0.352. The van der Waals surface area contributed by atoms with Crippen LogP contribution in [0.5, 0.6) is 0 Å². The predicted molar refractivity (Wildman–Crippen MR) is 43.1 cm³/mol. The van der Waals surface area contributed by atoms with E-state index in [2.05, 4.69) is 32.9 Å². The third-order valence-corrected chi connectivity index (χ3v) is 1.51. The van der Waals surface area contributed by atoms with Gasteiger partial charge in [-0.3, -0.25) is 0 Å². The van der Waals surface area contributed by atoms with Crippen LogP contribution in [0.15, 0.2) is 0 Å². The van der Waals surface area contributed by atoms with Gasteiger partial charge in [-0.1, -0.05) is 0 Å². The van der Waals surface area contributed by atoms with Crippen molar-refractivity contribution in [3.05, 3.63) is 0 Å². The summed E-state index contributed by atoms with van der Waals surface area (Å²) in [5.41, 5.74) is 0. The molecule has 0 aliphatic heterocycles. The molecule has 0 aromatic heterocycles. The first kappa shape index (κ1) is 9.44. The second-order valence-corrected chi connectivity index (χ2v) is 3.78. The second-order valence-electron chi connectivity index (χ2n) is 2.92. The monoisotopic (exact) mass is 166 g/mol. The van der Waals surface area contributed by atoms with Crippen LogP contribution in [0, 0.1) is 0 Å². The number of likely N-dealkylation sites (N-methyl/N-ethyl adjacent to an activating group) is 1. The minimum Gasteiger partial charge on any atom is -0.329 e. The first-order valence-corrected chi connectivity index (χ1v) is 4.64. The van der Waals surface area contributed by atoms with Gasteiger partial charge in [0.25, 0.3) is 0 Å². The Morgan fingerprint density at radius 1 is 1.44 bits per heavy atom. The molecule has 0 bridgehead atoms. The average molecular weight is 166 g/mol. The molecule has 0 atom stereocenters. The molecular weight excluding hydrogens is 153 g/mol. The molecule has 0 amide bonds. The maximum atomic E-state index is 4.98. The number of hydrogen-bond acceptors (Lipinski definition) is 2. The summed E-state index contributed by atoms with van der Waals surface area (Å²) in [6, 6.07) is 0. The maximum absolute atomic E-state index is 4.98. The molecule has 2 nitrogen and oxygen atoms in total. The quantitative estimate of drug-likeness (QED) is 0.350. The van der Waals surface area contributed by atoms with Gasteiger partial charge in [0.1, 0.15) is 20.7 Å². The van der Waals surface area contributed by atoms with Gasteiger partial charge in [-0.15, -0.1) is 0 Å². The molecule has 0 aliphatic rings. The van der Waals surface area contributed by atoms with Crippen molar-refractivity contribution in [3.63, 3.8) is 0 Å². The van der Waals surface area contributed by atoms with Crippen molar-refractivity contribution in [2.24, 2.45) is 0 Å². The molecule has 0 saturated heterocycles. The maximum Gasteiger partial charge on any atom is 0.137 e. The molecule has 9 heavy (non-hydrogen) atoms. The highest BCUT2D eigenvalue weighted by molar-refractivity contribution is 7.94. The van der Waals surface area contributed by atoms with Gasteiger partial charge < -0.3 is 9.01 Å². The van der Waals surface area contributed by atoms with E-state index in [1.165, 1.54) is 0 Å². The summed E-state index contributed by atoms with van der Waals surface area (Å²) in [7, 11) is 7.00. The van der Waals surface area contributed by atoms with E-state index in [1.54, 1.807) is 0 Å². The molecule has 0 N–H and O–H groups in total. The van der Waals surface area contributed by atoms with Crippen LogP contribution < -0.4 is 0 Å². The summed E-state index contributed by atoms with van der Waals surface area (Å²) in [6.07, 6.45) is 0. The lowest BCUT2D eigenvalue weighted by Gasteiger charge is -2.22. The number of nitrogens with zero attached hydrogens (tertiary/aromatic N) is 1. The van der Waals surface area contributed by atoms with E-state index < -0.39 is 0 Å². The van der Waals surface area contributed by atoms with E-state index >= 15 is 0 Å². The minimum absolute atomic E-state index is 0.616. The summed E-state index contributed by atoms with van der Waals surface area (Å²) >= 11 is 4.58. The number of hydrogen-bond donors (Lipinski definition) is 0. The number of quaternary nitrogens is 1. The van der Waals surface area contributed by atoms with Crippen molar-refractivity contribution in [1.82, 2.24) is 0 Å². The van der Waals surface area contributed by atoms with E-state index in [0.29, 0.717) is 7.58 Å². The molecule has 0 aliphatic carbocycles. The smallest absolute Gasteiger partial charge is 0.137 e. The Balaban J connectivity index is 3.17. The van der Waals surface area contributed by atoms with E-state index in [0.717, 1.165) is 17.6 Å². The van der Waals surface area contributed by atoms with Gasteiger partial charge in [-0.05, 0) is 11.8 Å². The SMILES string of the molecule is C[N+](C)(C)CCOP=S. The fourth-order valence-corrected chi connectivity index (χ4v) is 0.732. The highest BCUT2D eigenvalue weighted by atomic mass is 32.4. The Morgan fingerprint density at radius 3 is 2.33 bits per heavy atom. The molecule has 0 heterocycles. The Bertz CT molecular complexity index is 91.4. The average Bonchev–Trinajstić information content (AvgIpc) is 1.63. The van der Waals surface area contributed by atoms with Crippen LogP contribution in [-0.4, -0.2) is 38.8 Å².